The number of aryl methyl sites for hydroxylation is 1. The van der Waals surface area contributed by atoms with Crippen molar-refractivity contribution in [1.82, 2.24) is 0 Å². The van der Waals surface area contributed by atoms with Crippen molar-refractivity contribution in [1.29, 1.82) is 0 Å². The van der Waals surface area contributed by atoms with Crippen molar-refractivity contribution in [2.45, 2.75) is 52.5 Å². The molecular formula is C15H23NO. The minimum atomic E-state index is -0.447. The molecule has 0 aromatic heterocycles. The van der Waals surface area contributed by atoms with Crippen LogP contribution in [0.15, 0.2) is 18.2 Å². The molecule has 0 radical (unpaired) electrons. The fraction of sp³-hybridized carbons (Fsp3) is 0.533. The largest absolute Gasteiger partial charge is 0.325 e. The highest BCUT2D eigenvalue weighted by Crippen LogP contribution is 2.21. The molecule has 1 aromatic carbocycles. The molecule has 2 N–H and O–H groups in total. The molecule has 0 spiro atoms. The van der Waals surface area contributed by atoms with Crippen LogP contribution in [-0.4, -0.2) is 11.3 Å². The number of carbonyl (C=O) groups excluding carboxylic acids is 1. The fourth-order valence-electron chi connectivity index (χ4n) is 1.81. The van der Waals surface area contributed by atoms with Crippen molar-refractivity contribution < 1.29 is 4.79 Å². The van der Waals surface area contributed by atoms with Crippen LogP contribution in [0.2, 0.25) is 0 Å². The van der Waals surface area contributed by atoms with Gasteiger partial charge in [-0.05, 0) is 43.9 Å². The van der Waals surface area contributed by atoms with Gasteiger partial charge in [0, 0.05) is 17.5 Å². The van der Waals surface area contributed by atoms with Crippen LogP contribution in [0.3, 0.4) is 0 Å². The standard InChI is InChI=1S/C15H23NO/c1-10(2)12-7-6-11(3)13(8-12)14(17)9-15(4,5)16/h6-8,10H,9,16H2,1-5H3. The van der Waals surface area contributed by atoms with Crippen molar-refractivity contribution >= 4 is 5.78 Å². The van der Waals surface area contributed by atoms with Gasteiger partial charge in [-0.25, -0.2) is 0 Å². The smallest absolute Gasteiger partial charge is 0.164 e. The maximum Gasteiger partial charge on any atom is 0.164 e. The number of hydrogen-bond acceptors (Lipinski definition) is 2. The number of carbonyl (C=O) groups is 1. The normalized spacial score (nSPS) is 11.9. The van der Waals surface area contributed by atoms with E-state index in [-0.39, 0.29) is 5.78 Å². The Balaban J connectivity index is 3.04. The summed E-state index contributed by atoms with van der Waals surface area (Å²) in [7, 11) is 0. The first kappa shape index (κ1) is 13.9. The van der Waals surface area contributed by atoms with E-state index in [9.17, 15) is 4.79 Å². The van der Waals surface area contributed by atoms with Crippen molar-refractivity contribution in [3.05, 3.63) is 34.9 Å². The van der Waals surface area contributed by atoms with E-state index in [4.69, 9.17) is 5.73 Å². The molecule has 0 saturated heterocycles. The number of rotatable bonds is 4. The molecule has 0 heterocycles. The van der Waals surface area contributed by atoms with E-state index < -0.39 is 5.54 Å². The molecule has 0 aliphatic heterocycles. The molecule has 0 saturated carbocycles. The molecule has 1 aromatic rings. The maximum atomic E-state index is 12.2. The van der Waals surface area contributed by atoms with Crippen LogP contribution in [0.4, 0.5) is 0 Å². The van der Waals surface area contributed by atoms with E-state index >= 15 is 0 Å². The van der Waals surface area contributed by atoms with Gasteiger partial charge in [0.1, 0.15) is 0 Å². The summed E-state index contributed by atoms with van der Waals surface area (Å²) in [4.78, 5) is 12.2. The van der Waals surface area contributed by atoms with Crippen LogP contribution >= 0.6 is 0 Å². The Labute approximate surface area is 104 Å². The van der Waals surface area contributed by atoms with Crippen molar-refractivity contribution in [2.24, 2.45) is 5.73 Å². The van der Waals surface area contributed by atoms with E-state index in [1.54, 1.807) is 0 Å². The highest BCUT2D eigenvalue weighted by Gasteiger charge is 2.19. The molecule has 0 fully saturated rings. The Morgan fingerprint density at radius 2 is 1.94 bits per heavy atom. The van der Waals surface area contributed by atoms with E-state index in [2.05, 4.69) is 19.9 Å². The Hall–Kier alpha value is -1.15. The second kappa shape index (κ2) is 5.01. The summed E-state index contributed by atoms with van der Waals surface area (Å²) in [5.41, 5.74) is 8.50. The second-order valence-corrected chi connectivity index (χ2v) is 5.82. The summed E-state index contributed by atoms with van der Waals surface area (Å²) >= 11 is 0. The number of benzene rings is 1. The number of ketones is 1. The van der Waals surface area contributed by atoms with Gasteiger partial charge in [0.25, 0.3) is 0 Å². The van der Waals surface area contributed by atoms with Crippen molar-refractivity contribution in [2.75, 3.05) is 0 Å². The van der Waals surface area contributed by atoms with Gasteiger partial charge in [-0.15, -0.1) is 0 Å². The zero-order valence-electron chi connectivity index (χ0n) is 11.5. The third-order valence-electron chi connectivity index (χ3n) is 2.84. The lowest BCUT2D eigenvalue weighted by Gasteiger charge is -2.18. The monoisotopic (exact) mass is 233 g/mol. The molecule has 17 heavy (non-hydrogen) atoms. The van der Waals surface area contributed by atoms with Crippen LogP contribution in [0.1, 0.15) is 61.5 Å². The number of nitrogens with two attached hydrogens (primary N) is 1. The zero-order valence-corrected chi connectivity index (χ0v) is 11.5. The second-order valence-electron chi connectivity index (χ2n) is 5.82. The molecule has 0 aliphatic rings. The van der Waals surface area contributed by atoms with E-state index in [0.29, 0.717) is 12.3 Å². The summed E-state index contributed by atoms with van der Waals surface area (Å²) in [6, 6.07) is 6.12. The first-order valence-corrected chi connectivity index (χ1v) is 6.13. The Bertz CT molecular complexity index is 413. The third-order valence-corrected chi connectivity index (χ3v) is 2.84. The zero-order chi connectivity index (χ0) is 13.2. The van der Waals surface area contributed by atoms with Crippen molar-refractivity contribution in [3.8, 4) is 0 Å². The number of Topliss-reactive ketones (excluding diaryl/α,β-unsaturated/α-hetero) is 1. The summed E-state index contributed by atoms with van der Waals surface area (Å²) in [5.74, 6) is 0.575. The van der Waals surface area contributed by atoms with Crippen LogP contribution < -0.4 is 5.73 Å². The molecule has 0 aliphatic carbocycles. The lowest BCUT2D eigenvalue weighted by molar-refractivity contribution is 0.0959. The molecule has 94 valence electrons. The Kier molecular flexibility index (Phi) is 4.10. The lowest BCUT2D eigenvalue weighted by Crippen LogP contribution is -2.34. The highest BCUT2D eigenvalue weighted by molar-refractivity contribution is 5.98. The first-order chi connectivity index (χ1) is 7.70. The molecule has 2 nitrogen and oxygen atoms in total. The molecule has 1 rings (SSSR count). The molecule has 2 heteroatoms. The Morgan fingerprint density at radius 3 is 2.41 bits per heavy atom. The quantitative estimate of drug-likeness (QED) is 0.810. The topological polar surface area (TPSA) is 43.1 Å². The Morgan fingerprint density at radius 1 is 1.35 bits per heavy atom. The highest BCUT2D eigenvalue weighted by atomic mass is 16.1. The van der Waals surface area contributed by atoms with Gasteiger partial charge >= 0.3 is 0 Å². The van der Waals surface area contributed by atoms with Crippen LogP contribution in [0.25, 0.3) is 0 Å². The fourth-order valence-corrected chi connectivity index (χ4v) is 1.81. The average molecular weight is 233 g/mol. The molecule has 0 unspecified atom stereocenters. The van der Waals surface area contributed by atoms with Crippen LogP contribution in [0, 0.1) is 6.92 Å². The predicted molar refractivity (Wildman–Crippen MR) is 72.5 cm³/mol. The third kappa shape index (κ3) is 3.97. The van der Waals surface area contributed by atoms with E-state index in [1.807, 2.05) is 32.9 Å². The predicted octanol–water partition coefficient (Wildman–Crippen LogP) is 3.43. The van der Waals surface area contributed by atoms with Gasteiger partial charge in [0.2, 0.25) is 0 Å². The number of hydrogen-bond donors (Lipinski definition) is 1. The van der Waals surface area contributed by atoms with Gasteiger partial charge in [-0.1, -0.05) is 26.0 Å². The van der Waals surface area contributed by atoms with Crippen LogP contribution in [0.5, 0.6) is 0 Å². The van der Waals surface area contributed by atoms with Crippen molar-refractivity contribution in [3.63, 3.8) is 0 Å². The van der Waals surface area contributed by atoms with E-state index in [0.717, 1.165) is 11.1 Å². The van der Waals surface area contributed by atoms with Gasteiger partial charge in [-0.2, -0.15) is 0 Å². The maximum absolute atomic E-state index is 12.2. The molecular weight excluding hydrogens is 210 g/mol. The SMILES string of the molecule is Cc1ccc(C(C)C)cc1C(=O)CC(C)(C)N. The summed E-state index contributed by atoms with van der Waals surface area (Å²) in [5, 5.41) is 0. The average Bonchev–Trinajstić information content (AvgIpc) is 2.14. The van der Waals surface area contributed by atoms with Gasteiger partial charge < -0.3 is 5.73 Å². The van der Waals surface area contributed by atoms with Gasteiger partial charge in [-0.3, -0.25) is 4.79 Å². The molecule has 0 bridgehead atoms. The summed E-state index contributed by atoms with van der Waals surface area (Å²) in [6.45, 7) is 10.00. The molecule has 0 atom stereocenters. The lowest BCUT2D eigenvalue weighted by atomic mass is 9.90. The summed E-state index contributed by atoms with van der Waals surface area (Å²) < 4.78 is 0. The minimum Gasteiger partial charge on any atom is -0.325 e. The van der Waals surface area contributed by atoms with Gasteiger partial charge in [0.15, 0.2) is 5.78 Å². The summed E-state index contributed by atoms with van der Waals surface area (Å²) in [6.07, 6.45) is 0.384. The van der Waals surface area contributed by atoms with Crippen LogP contribution in [-0.2, 0) is 0 Å². The van der Waals surface area contributed by atoms with E-state index in [1.165, 1.54) is 5.56 Å². The van der Waals surface area contributed by atoms with Gasteiger partial charge in [0.05, 0.1) is 0 Å². The minimum absolute atomic E-state index is 0.137. The first-order valence-electron chi connectivity index (χ1n) is 6.13. The molecule has 0 amide bonds.